The average molecular weight is 599 g/mol. The zero-order valence-electron chi connectivity index (χ0n) is 23.2. The number of carbonyl (C=O) groups excluding carboxylic acids is 1. The highest BCUT2D eigenvalue weighted by Gasteiger charge is 2.38. The second-order valence-electron chi connectivity index (χ2n) is 10.3. The maximum absolute atomic E-state index is 14.7. The first kappa shape index (κ1) is 28.3. The number of nitrogens with zero attached hydrogens (tertiary/aromatic N) is 11. The molecular formula is C26H26F4N12O. The van der Waals surface area contributed by atoms with Gasteiger partial charge in [0, 0.05) is 56.0 Å². The number of aromatic nitrogens is 10. The predicted molar refractivity (Wildman–Crippen MR) is 142 cm³/mol. The van der Waals surface area contributed by atoms with E-state index in [1.54, 1.807) is 30.9 Å². The lowest BCUT2D eigenvalue weighted by Crippen LogP contribution is -2.48. The maximum Gasteiger partial charge on any atom is 0.453 e. The topological polar surface area (TPSA) is 139 Å². The molecule has 0 spiro atoms. The molecule has 1 aromatic carbocycles. The molecule has 0 radical (unpaired) electrons. The third-order valence-electron chi connectivity index (χ3n) is 7.54. The smallest absolute Gasteiger partial charge is 0.340 e. The van der Waals surface area contributed by atoms with E-state index in [4.69, 9.17) is 0 Å². The number of tetrazole rings is 1. The van der Waals surface area contributed by atoms with Gasteiger partial charge in [-0.3, -0.25) is 9.69 Å². The molecule has 1 aliphatic rings. The van der Waals surface area contributed by atoms with Crippen LogP contribution < -0.4 is 0 Å². The Hall–Kier alpha value is -4.80. The highest BCUT2D eigenvalue weighted by Crippen LogP contribution is 2.28. The molecule has 0 saturated carbocycles. The number of halogens is 4. The summed E-state index contributed by atoms with van der Waals surface area (Å²) in [5.41, 5.74) is 3.23. The van der Waals surface area contributed by atoms with Crippen LogP contribution in [-0.4, -0.2) is 92.1 Å². The first-order valence-corrected chi connectivity index (χ1v) is 13.5. The number of carbonyl (C=O) groups is 1. The van der Waals surface area contributed by atoms with Gasteiger partial charge in [0.25, 0.3) is 5.82 Å². The molecule has 0 unspecified atom stereocenters. The summed E-state index contributed by atoms with van der Waals surface area (Å²) in [4.78, 5) is 16.9. The average Bonchev–Trinajstić information content (AvgIpc) is 3.72. The van der Waals surface area contributed by atoms with Crippen molar-refractivity contribution in [3.63, 3.8) is 0 Å². The molecule has 0 bridgehead atoms. The van der Waals surface area contributed by atoms with Crippen molar-refractivity contribution >= 4 is 11.6 Å². The molecular weight excluding hydrogens is 572 g/mol. The second kappa shape index (κ2) is 11.1. The maximum atomic E-state index is 14.7. The summed E-state index contributed by atoms with van der Waals surface area (Å²) in [5.74, 6) is -1.02. The van der Waals surface area contributed by atoms with Crippen LogP contribution in [0.1, 0.15) is 34.8 Å². The van der Waals surface area contributed by atoms with Crippen molar-refractivity contribution in [2.75, 3.05) is 26.2 Å². The van der Waals surface area contributed by atoms with Crippen LogP contribution in [0, 0.1) is 19.7 Å². The fraction of sp³-hybridized carbons (Fsp3) is 0.385. The molecule has 0 aliphatic carbocycles. The first-order valence-electron chi connectivity index (χ1n) is 13.5. The molecule has 0 atom stereocenters. The lowest BCUT2D eigenvalue weighted by atomic mass is 10.1. The summed E-state index contributed by atoms with van der Waals surface area (Å²) in [6.07, 6.45) is -4.05. The SMILES string of the molecule is Cc1nn(-c2ccc3nnc(C(F)(F)F)n3n2)c(C)c1CCC(=O)N1CCN(Cc2ccc(-c3nnn[nH]3)cc2F)CC1. The Morgan fingerprint density at radius 3 is 2.49 bits per heavy atom. The molecule has 5 heterocycles. The van der Waals surface area contributed by atoms with Crippen LogP contribution in [0.3, 0.4) is 0 Å². The summed E-state index contributed by atoms with van der Waals surface area (Å²) < 4.78 is 56.8. The van der Waals surface area contributed by atoms with Crippen molar-refractivity contribution in [1.29, 1.82) is 0 Å². The van der Waals surface area contributed by atoms with Gasteiger partial charge in [-0.05, 0) is 54.5 Å². The van der Waals surface area contributed by atoms with Crippen LogP contribution in [0.5, 0.6) is 0 Å². The van der Waals surface area contributed by atoms with E-state index in [0.717, 1.165) is 5.56 Å². The molecule has 17 heteroatoms. The molecule has 13 nitrogen and oxygen atoms in total. The normalized spacial score (nSPS) is 14.6. The minimum atomic E-state index is -4.71. The third kappa shape index (κ3) is 5.67. The number of amides is 1. The Morgan fingerprint density at radius 2 is 1.79 bits per heavy atom. The van der Waals surface area contributed by atoms with Crippen molar-refractivity contribution in [3.8, 4) is 17.2 Å². The Balaban J connectivity index is 1.06. The minimum absolute atomic E-state index is 0.0127. The summed E-state index contributed by atoms with van der Waals surface area (Å²) in [5, 5.41) is 28.7. The number of rotatable bonds is 7. The van der Waals surface area contributed by atoms with Gasteiger partial charge < -0.3 is 4.90 Å². The number of aryl methyl sites for hydroxylation is 1. The largest absolute Gasteiger partial charge is 0.453 e. The number of hydrogen-bond donors (Lipinski definition) is 1. The number of hydrogen-bond acceptors (Lipinski definition) is 9. The number of aromatic amines is 1. The van der Waals surface area contributed by atoms with Crippen LogP contribution in [0.25, 0.3) is 22.9 Å². The number of piperazine rings is 1. The highest BCUT2D eigenvalue weighted by atomic mass is 19.4. The van der Waals surface area contributed by atoms with E-state index in [1.807, 2.05) is 0 Å². The van der Waals surface area contributed by atoms with E-state index in [1.165, 1.54) is 22.9 Å². The van der Waals surface area contributed by atoms with Crippen molar-refractivity contribution < 1.29 is 22.4 Å². The Labute approximate surface area is 241 Å². The van der Waals surface area contributed by atoms with E-state index >= 15 is 0 Å². The Kier molecular flexibility index (Phi) is 7.33. The van der Waals surface area contributed by atoms with Crippen LogP contribution in [-0.2, 0) is 23.9 Å². The molecule has 1 saturated heterocycles. The fourth-order valence-electron chi connectivity index (χ4n) is 5.22. The number of H-pyrrole nitrogens is 1. The number of fused-ring (bicyclic) bond motifs is 1. The van der Waals surface area contributed by atoms with Crippen molar-refractivity contribution in [1.82, 2.24) is 60.0 Å². The van der Waals surface area contributed by atoms with Crippen LogP contribution in [0.4, 0.5) is 17.6 Å². The van der Waals surface area contributed by atoms with Crippen molar-refractivity contribution in [3.05, 3.63) is 64.5 Å². The van der Waals surface area contributed by atoms with Gasteiger partial charge in [0.2, 0.25) is 5.91 Å². The third-order valence-corrected chi connectivity index (χ3v) is 7.54. The van der Waals surface area contributed by atoms with Crippen LogP contribution >= 0.6 is 0 Å². The van der Waals surface area contributed by atoms with Gasteiger partial charge in [-0.25, -0.2) is 14.2 Å². The van der Waals surface area contributed by atoms with E-state index < -0.39 is 12.0 Å². The molecule has 224 valence electrons. The van der Waals surface area contributed by atoms with Crippen LogP contribution in [0.2, 0.25) is 0 Å². The Bertz CT molecular complexity index is 1770. The fourth-order valence-corrected chi connectivity index (χ4v) is 5.22. The highest BCUT2D eigenvalue weighted by molar-refractivity contribution is 5.76. The quantitative estimate of drug-likeness (QED) is 0.280. The van der Waals surface area contributed by atoms with Gasteiger partial charge in [-0.1, -0.05) is 12.1 Å². The minimum Gasteiger partial charge on any atom is -0.340 e. The monoisotopic (exact) mass is 598 g/mol. The Morgan fingerprint density at radius 1 is 1.00 bits per heavy atom. The van der Waals surface area contributed by atoms with Gasteiger partial charge in [0.15, 0.2) is 17.3 Å². The molecule has 43 heavy (non-hydrogen) atoms. The summed E-state index contributed by atoms with van der Waals surface area (Å²) in [7, 11) is 0. The zero-order chi connectivity index (χ0) is 30.3. The number of alkyl halides is 3. The zero-order valence-corrected chi connectivity index (χ0v) is 23.2. The molecule has 1 fully saturated rings. The molecule has 4 aromatic heterocycles. The summed E-state index contributed by atoms with van der Waals surface area (Å²) in [6, 6.07) is 7.78. The van der Waals surface area contributed by atoms with E-state index in [-0.39, 0.29) is 29.6 Å². The van der Waals surface area contributed by atoms with Gasteiger partial charge in [-0.2, -0.15) is 22.8 Å². The molecule has 5 aromatic rings. The van der Waals surface area contributed by atoms with E-state index in [9.17, 15) is 22.4 Å². The summed E-state index contributed by atoms with van der Waals surface area (Å²) >= 11 is 0. The molecule has 1 aliphatic heterocycles. The lowest BCUT2D eigenvalue weighted by molar-refractivity contribution is -0.146. The van der Waals surface area contributed by atoms with Gasteiger partial charge >= 0.3 is 6.18 Å². The standard InChI is InChI=1S/C26H26F4N12O/c1-15-19(16(2)41(35-15)22-7-6-21-31-34-25(26(28,29)30)42(21)36-22)5-8-23(43)40-11-9-39(10-12-40)14-18-4-3-17(13-20(18)27)24-32-37-38-33-24/h3-4,6-7,13H,5,8-12,14H2,1-2H3,(H,32,33,37,38). The molecule has 6 rings (SSSR count). The summed E-state index contributed by atoms with van der Waals surface area (Å²) in [6.45, 7) is 6.23. The van der Waals surface area contributed by atoms with Gasteiger partial charge in [-0.15, -0.1) is 20.4 Å². The number of nitrogens with one attached hydrogen (secondary N) is 1. The second-order valence-corrected chi connectivity index (χ2v) is 10.3. The molecule has 1 N–H and O–H groups in total. The van der Waals surface area contributed by atoms with E-state index in [2.05, 4.69) is 45.9 Å². The van der Waals surface area contributed by atoms with Gasteiger partial charge in [0.1, 0.15) is 5.82 Å². The number of benzene rings is 1. The predicted octanol–water partition coefficient (Wildman–Crippen LogP) is 2.54. The van der Waals surface area contributed by atoms with E-state index in [0.29, 0.717) is 72.0 Å². The van der Waals surface area contributed by atoms with Crippen molar-refractivity contribution in [2.45, 2.75) is 39.4 Å². The molecule has 1 amide bonds. The first-order chi connectivity index (χ1) is 20.6. The lowest BCUT2D eigenvalue weighted by Gasteiger charge is -2.35. The van der Waals surface area contributed by atoms with Crippen LogP contribution in [0.15, 0.2) is 30.3 Å². The van der Waals surface area contributed by atoms with Gasteiger partial charge in [0.05, 0.1) is 5.69 Å². The van der Waals surface area contributed by atoms with Crippen molar-refractivity contribution in [2.24, 2.45) is 0 Å².